The maximum absolute atomic E-state index is 12.5. The highest BCUT2D eigenvalue weighted by molar-refractivity contribution is 5.91. The normalized spacial score (nSPS) is 11.7. The minimum Gasteiger partial charge on any atom is -0.323 e. The van der Waals surface area contributed by atoms with Crippen LogP contribution < -0.4 is 5.32 Å². The van der Waals surface area contributed by atoms with E-state index in [2.05, 4.69) is 15.5 Å². The van der Waals surface area contributed by atoms with E-state index in [1.807, 2.05) is 0 Å². The lowest BCUT2D eigenvalue weighted by molar-refractivity contribution is -0.141. The Morgan fingerprint density at radius 3 is 2.55 bits per heavy atom. The molecule has 22 heavy (non-hydrogen) atoms. The minimum absolute atomic E-state index is 0.0220. The Hall–Kier alpha value is -2.32. The highest BCUT2D eigenvalue weighted by atomic mass is 19.4. The number of hydrogen-bond donors (Lipinski definition) is 1. The third-order valence-corrected chi connectivity index (χ3v) is 3.33. The first-order valence-corrected chi connectivity index (χ1v) is 6.58. The van der Waals surface area contributed by atoms with Crippen LogP contribution in [0.25, 0.3) is 0 Å². The van der Waals surface area contributed by atoms with Crippen LogP contribution in [-0.2, 0) is 24.6 Å². The largest absolute Gasteiger partial charge is 0.435 e. The summed E-state index contributed by atoms with van der Waals surface area (Å²) in [6, 6.07) is 0.961. The van der Waals surface area contributed by atoms with Crippen LogP contribution >= 0.6 is 0 Å². The van der Waals surface area contributed by atoms with E-state index >= 15 is 0 Å². The van der Waals surface area contributed by atoms with Crippen molar-refractivity contribution in [1.29, 1.82) is 0 Å². The fraction of sp³-hybridized carbons (Fsp3) is 0.462. The number of alkyl halides is 3. The molecule has 0 aliphatic heterocycles. The van der Waals surface area contributed by atoms with Crippen LogP contribution in [0.2, 0.25) is 0 Å². The lowest BCUT2D eigenvalue weighted by atomic mass is 10.3. The summed E-state index contributed by atoms with van der Waals surface area (Å²) in [5, 5.41) is 10.1. The van der Waals surface area contributed by atoms with Crippen LogP contribution in [-0.4, -0.2) is 25.5 Å². The van der Waals surface area contributed by atoms with E-state index in [1.54, 1.807) is 18.7 Å². The number of hydrogen-bond acceptors (Lipinski definition) is 3. The monoisotopic (exact) mass is 315 g/mol. The first-order valence-electron chi connectivity index (χ1n) is 6.58. The number of aromatic nitrogens is 4. The molecule has 0 saturated carbocycles. The van der Waals surface area contributed by atoms with Crippen molar-refractivity contribution in [3.63, 3.8) is 0 Å². The second-order valence-corrected chi connectivity index (χ2v) is 4.96. The van der Waals surface area contributed by atoms with Gasteiger partial charge < -0.3 is 5.32 Å². The SMILES string of the molecule is Cc1c(NC(=O)CCn2nc(C(F)(F)F)cc2C)cnn1C. The van der Waals surface area contributed by atoms with Gasteiger partial charge in [-0.15, -0.1) is 0 Å². The molecule has 0 fully saturated rings. The van der Waals surface area contributed by atoms with Crippen molar-refractivity contribution in [3.05, 3.63) is 29.3 Å². The van der Waals surface area contributed by atoms with Gasteiger partial charge in [0.05, 0.1) is 17.6 Å². The Morgan fingerprint density at radius 1 is 1.36 bits per heavy atom. The maximum atomic E-state index is 12.5. The summed E-state index contributed by atoms with van der Waals surface area (Å²) in [5.74, 6) is -0.306. The van der Waals surface area contributed by atoms with Crippen molar-refractivity contribution in [2.45, 2.75) is 33.0 Å². The predicted molar refractivity (Wildman–Crippen MR) is 73.2 cm³/mol. The molecule has 1 amide bonds. The van der Waals surface area contributed by atoms with Crippen molar-refractivity contribution >= 4 is 11.6 Å². The summed E-state index contributed by atoms with van der Waals surface area (Å²) in [4.78, 5) is 11.9. The molecule has 2 rings (SSSR count). The molecule has 0 bridgehead atoms. The number of nitrogens with one attached hydrogen (secondary N) is 1. The van der Waals surface area contributed by atoms with Gasteiger partial charge in [0.25, 0.3) is 0 Å². The number of rotatable bonds is 4. The summed E-state index contributed by atoms with van der Waals surface area (Å²) in [5.41, 5.74) is 0.787. The predicted octanol–water partition coefficient (Wildman–Crippen LogP) is 2.28. The van der Waals surface area contributed by atoms with E-state index < -0.39 is 11.9 Å². The molecule has 0 atom stereocenters. The number of halogens is 3. The van der Waals surface area contributed by atoms with Crippen LogP contribution in [0.1, 0.15) is 23.5 Å². The summed E-state index contributed by atoms with van der Waals surface area (Å²) < 4.78 is 40.4. The van der Waals surface area contributed by atoms with Crippen molar-refractivity contribution < 1.29 is 18.0 Å². The van der Waals surface area contributed by atoms with Crippen molar-refractivity contribution in [1.82, 2.24) is 19.6 Å². The third-order valence-electron chi connectivity index (χ3n) is 3.33. The molecule has 0 aromatic carbocycles. The van der Waals surface area contributed by atoms with Gasteiger partial charge in [0.2, 0.25) is 5.91 Å². The fourth-order valence-electron chi connectivity index (χ4n) is 1.92. The smallest absolute Gasteiger partial charge is 0.323 e. The maximum Gasteiger partial charge on any atom is 0.435 e. The first kappa shape index (κ1) is 16.1. The standard InChI is InChI=1S/C13H16F3N5O/c1-8-6-11(13(14,15)16)19-21(8)5-4-12(22)18-10-7-17-20(3)9(10)2/h6-7H,4-5H2,1-3H3,(H,18,22). The molecular formula is C13H16F3N5O. The van der Waals surface area contributed by atoms with Crippen molar-refractivity contribution in [3.8, 4) is 0 Å². The first-order chi connectivity index (χ1) is 10.2. The lowest BCUT2D eigenvalue weighted by Gasteiger charge is -2.06. The summed E-state index contributed by atoms with van der Waals surface area (Å²) >= 11 is 0. The Labute approximate surface area is 124 Å². The van der Waals surface area contributed by atoms with E-state index in [0.717, 1.165) is 11.8 Å². The molecule has 0 radical (unpaired) electrons. The summed E-state index contributed by atoms with van der Waals surface area (Å²) in [6.07, 6.45) is -2.94. The third kappa shape index (κ3) is 3.46. The number of carbonyl (C=O) groups excluding carboxylic acids is 1. The van der Waals surface area contributed by atoms with Gasteiger partial charge in [-0.05, 0) is 19.9 Å². The number of anilines is 1. The molecule has 0 unspecified atom stereocenters. The van der Waals surface area contributed by atoms with Crippen LogP contribution in [0.15, 0.2) is 12.3 Å². The molecule has 2 heterocycles. The van der Waals surface area contributed by atoms with Gasteiger partial charge in [-0.1, -0.05) is 0 Å². The molecule has 120 valence electrons. The zero-order chi connectivity index (χ0) is 16.5. The van der Waals surface area contributed by atoms with Crippen LogP contribution in [0.5, 0.6) is 0 Å². The molecule has 2 aromatic rings. The van der Waals surface area contributed by atoms with Crippen LogP contribution in [0.4, 0.5) is 18.9 Å². The molecule has 0 aliphatic carbocycles. The second-order valence-electron chi connectivity index (χ2n) is 4.96. The fourth-order valence-corrected chi connectivity index (χ4v) is 1.92. The summed E-state index contributed by atoms with van der Waals surface area (Å²) in [6.45, 7) is 3.40. The average Bonchev–Trinajstić information content (AvgIpc) is 2.94. The molecule has 0 aliphatic rings. The molecule has 1 N–H and O–H groups in total. The highest BCUT2D eigenvalue weighted by Crippen LogP contribution is 2.28. The molecular weight excluding hydrogens is 299 g/mol. The van der Waals surface area contributed by atoms with Gasteiger partial charge in [0.1, 0.15) is 0 Å². The quantitative estimate of drug-likeness (QED) is 0.941. The molecule has 0 spiro atoms. The minimum atomic E-state index is -4.48. The summed E-state index contributed by atoms with van der Waals surface area (Å²) in [7, 11) is 1.75. The van der Waals surface area contributed by atoms with Crippen LogP contribution in [0.3, 0.4) is 0 Å². The van der Waals surface area contributed by atoms with Crippen molar-refractivity contribution in [2.24, 2.45) is 7.05 Å². The number of amides is 1. The van der Waals surface area contributed by atoms with E-state index in [1.165, 1.54) is 17.8 Å². The Balaban J connectivity index is 1.97. The average molecular weight is 315 g/mol. The molecule has 2 aromatic heterocycles. The van der Waals surface area contributed by atoms with E-state index in [0.29, 0.717) is 11.4 Å². The van der Waals surface area contributed by atoms with Gasteiger partial charge in [0.15, 0.2) is 5.69 Å². The number of aryl methyl sites for hydroxylation is 3. The van der Waals surface area contributed by atoms with Gasteiger partial charge >= 0.3 is 6.18 Å². The van der Waals surface area contributed by atoms with Gasteiger partial charge in [-0.2, -0.15) is 23.4 Å². The highest BCUT2D eigenvalue weighted by Gasteiger charge is 2.34. The van der Waals surface area contributed by atoms with E-state index in [-0.39, 0.29) is 18.9 Å². The second kappa shape index (κ2) is 5.82. The molecule has 9 heteroatoms. The zero-order valence-corrected chi connectivity index (χ0v) is 12.4. The van der Waals surface area contributed by atoms with Crippen molar-refractivity contribution in [2.75, 3.05) is 5.32 Å². The Kier molecular flexibility index (Phi) is 4.25. The van der Waals surface area contributed by atoms with Gasteiger partial charge in [-0.25, -0.2) is 0 Å². The van der Waals surface area contributed by atoms with Gasteiger partial charge in [-0.3, -0.25) is 14.2 Å². The Bertz CT molecular complexity index is 686. The van der Waals surface area contributed by atoms with Crippen LogP contribution in [0, 0.1) is 13.8 Å². The zero-order valence-electron chi connectivity index (χ0n) is 12.4. The molecule has 6 nitrogen and oxygen atoms in total. The Morgan fingerprint density at radius 2 is 2.05 bits per heavy atom. The van der Waals surface area contributed by atoms with Gasteiger partial charge in [0, 0.05) is 25.7 Å². The number of carbonyl (C=O) groups is 1. The molecule has 0 saturated heterocycles. The number of nitrogens with zero attached hydrogens (tertiary/aromatic N) is 4. The van der Waals surface area contributed by atoms with E-state index in [9.17, 15) is 18.0 Å². The topological polar surface area (TPSA) is 64.7 Å². The lowest BCUT2D eigenvalue weighted by Crippen LogP contribution is -2.16. The van der Waals surface area contributed by atoms with E-state index in [4.69, 9.17) is 0 Å².